The second-order valence-corrected chi connectivity index (χ2v) is 15.2. The summed E-state index contributed by atoms with van der Waals surface area (Å²) in [4.78, 5) is 34.8. The van der Waals surface area contributed by atoms with E-state index >= 15 is 0 Å². The van der Waals surface area contributed by atoms with Gasteiger partial charge in [0.15, 0.2) is 6.10 Å². The van der Waals surface area contributed by atoms with E-state index in [0.717, 1.165) is 44.9 Å². The highest BCUT2D eigenvalue weighted by atomic mass is 31.2. The first-order valence-corrected chi connectivity index (χ1v) is 21.6. The number of esters is 2. The molecule has 0 aliphatic heterocycles. The third kappa shape index (κ3) is 35.1. The Morgan fingerprint density at radius 1 is 0.620 bits per heavy atom. The Morgan fingerprint density at radius 2 is 1.02 bits per heavy atom. The molecule has 11 heteroatoms. The van der Waals surface area contributed by atoms with Crippen LogP contribution >= 0.6 is 7.82 Å². The van der Waals surface area contributed by atoms with Crippen molar-refractivity contribution in [3.63, 3.8) is 0 Å². The average molecular weight is 735 g/mol. The van der Waals surface area contributed by atoms with Crippen LogP contribution in [-0.2, 0) is 32.7 Å². The van der Waals surface area contributed by atoms with Crippen LogP contribution in [-0.4, -0.2) is 65.7 Å². The molecule has 0 saturated heterocycles. The number of phosphoric acid groups is 1. The van der Waals surface area contributed by atoms with E-state index in [-0.39, 0.29) is 19.4 Å². The van der Waals surface area contributed by atoms with Crippen molar-refractivity contribution in [1.82, 2.24) is 0 Å². The minimum absolute atomic E-state index is 0.189. The number of hydrogen-bond acceptors (Lipinski definition) is 9. The molecule has 0 heterocycles. The lowest BCUT2D eigenvalue weighted by atomic mass is 10.0. The van der Waals surface area contributed by atoms with E-state index in [1.165, 1.54) is 109 Å². The molecule has 0 aliphatic carbocycles. The van der Waals surface area contributed by atoms with Crippen LogP contribution < -0.4 is 0 Å². The molecule has 0 amide bonds. The lowest BCUT2D eigenvalue weighted by Gasteiger charge is -2.20. The predicted octanol–water partition coefficient (Wildman–Crippen LogP) is 10.1. The molecule has 1 unspecified atom stereocenters. The highest BCUT2D eigenvalue weighted by Gasteiger charge is 2.27. The number of hydrogen-bond donors (Lipinski definition) is 3. The van der Waals surface area contributed by atoms with Crippen molar-refractivity contribution in [3.05, 3.63) is 12.7 Å². The quantitative estimate of drug-likeness (QED) is 0.0241. The van der Waals surface area contributed by atoms with Gasteiger partial charge in [-0.2, -0.15) is 0 Å². The van der Waals surface area contributed by atoms with Crippen LogP contribution in [0.25, 0.3) is 0 Å². The van der Waals surface area contributed by atoms with Gasteiger partial charge in [-0.3, -0.25) is 18.6 Å². The zero-order valence-corrected chi connectivity index (χ0v) is 32.6. The van der Waals surface area contributed by atoms with Gasteiger partial charge in [0.25, 0.3) is 0 Å². The summed E-state index contributed by atoms with van der Waals surface area (Å²) in [5, 5.41) is 18.3. The molecule has 10 nitrogen and oxygen atoms in total. The van der Waals surface area contributed by atoms with E-state index in [1.807, 2.05) is 6.08 Å². The molecule has 50 heavy (non-hydrogen) atoms. The van der Waals surface area contributed by atoms with Crippen molar-refractivity contribution in [1.29, 1.82) is 0 Å². The van der Waals surface area contributed by atoms with E-state index in [2.05, 4.69) is 18.0 Å². The molecule has 0 aromatic heterocycles. The number of aliphatic hydroxyl groups is 2. The van der Waals surface area contributed by atoms with Crippen molar-refractivity contribution in [3.8, 4) is 0 Å². The smallest absolute Gasteiger partial charge is 0.462 e. The molecular formula is C39H75O10P. The molecule has 0 spiro atoms. The Bertz CT molecular complexity index is 840. The number of carbonyl (C=O) groups excluding carboxylic acids is 2. The lowest BCUT2D eigenvalue weighted by molar-refractivity contribution is -0.161. The third-order valence-corrected chi connectivity index (χ3v) is 9.77. The fourth-order valence-corrected chi connectivity index (χ4v) is 6.47. The molecule has 3 atom stereocenters. The number of unbranched alkanes of at least 4 members (excludes halogenated alkanes) is 24. The standard InChI is InChI=1S/C39H75O10P/c1-3-5-7-9-11-13-15-17-18-19-21-22-24-26-28-30-38(42)46-34-37(35-48-50(44,45)47-33-36(41)32-40)49-39(43)31-29-27-25-23-20-16-14-12-10-8-6-4-2/h3,36-37,40-41H,1,4-35H2,2H3,(H,44,45)/t36-,37+/m0/s1. The topological polar surface area (TPSA) is 149 Å². The summed E-state index contributed by atoms with van der Waals surface area (Å²) in [6, 6.07) is 0. The van der Waals surface area contributed by atoms with Gasteiger partial charge in [0.2, 0.25) is 0 Å². The van der Waals surface area contributed by atoms with Crippen molar-refractivity contribution in [2.24, 2.45) is 0 Å². The SMILES string of the molecule is C=CCCCCCCCCCCCCCCCC(=O)OC[C@H](COP(=O)(O)OC[C@@H](O)CO)OC(=O)CCCCCCCCCCCCCC. The van der Waals surface area contributed by atoms with Crippen molar-refractivity contribution in [2.45, 2.75) is 199 Å². The second kappa shape index (κ2) is 36.1. The van der Waals surface area contributed by atoms with E-state index in [1.54, 1.807) is 0 Å². The first-order valence-electron chi connectivity index (χ1n) is 20.1. The third-order valence-electron chi connectivity index (χ3n) is 8.82. The maximum absolute atomic E-state index is 12.5. The summed E-state index contributed by atoms with van der Waals surface area (Å²) in [5.41, 5.74) is 0. The largest absolute Gasteiger partial charge is 0.472 e. The van der Waals surface area contributed by atoms with Crippen molar-refractivity contribution >= 4 is 19.8 Å². The molecule has 0 fully saturated rings. The highest BCUT2D eigenvalue weighted by molar-refractivity contribution is 7.47. The molecule has 0 rings (SSSR count). The fourth-order valence-electron chi connectivity index (χ4n) is 5.68. The molecule has 3 N–H and O–H groups in total. The molecule has 0 saturated carbocycles. The van der Waals surface area contributed by atoms with Crippen LogP contribution in [0.4, 0.5) is 0 Å². The van der Waals surface area contributed by atoms with Crippen molar-refractivity contribution < 1.29 is 47.8 Å². The zero-order valence-electron chi connectivity index (χ0n) is 31.7. The average Bonchev–Trinajstić information content (AvgIpc) is 3.10. The Kier molecular flexibility index (Phi) is 35.2. The molecular weight excluding hydrogens is 659 g/mol. The predicted molar refractivity (Wildman–Crippen MR) is 201 cm³/mol. The number of aliphatic hydroxyl groups excluding tert-OH is 2. The minimum atomic E-state index is -4.61. The molecule has 0 aliphatic rings. The van der Waals surface area contributed by atoms with E-state index < -0.39 is 51.8 Å². The first kappa shape index (κ1) is 48.7. The molecule has 0 bridgehead atoms. The summed E-state index contributed by atoms with van der Waals surface area (Å²) >= 11 is 0. The van der Waals surface area contributed by atoms with Crippen LogP contribution in [0.1, 0.15) is 187 Å². The summed E-state index contributed by atoms with van der Waals surface area (Å²) in [7, 11) is -4.61. The number of allylic oxidation sites excluding steroid dienone is 1. The second-order valence-electron chi connectivity index (χ2n) is 13.8. The molecule has 296 valence electrons. The minimum Gasteiger partial charge on any atom is -0.462 e. The van der Waals surface area contributed by atoms with Crippen molar-refractivity contribution in [2.75, 3.05) is 26.4 Å². The normalized spacial score (nSPS) is 13.8. The van der Waals surface area contributed by atoms with Crippen LogP contribution in [0.5, 0.6) is 0 Å². The monoisotopic (exact) mass is 735 g/mol. The molecule has 0 aromatic carbocycles. The number of phosphoric ester groups is 1. The first-order chi connectivity index (χ1) is 24.2. The number of carbonyl (C=O) groups is 2. The summed E-state index contributed by atoms with van der Waals surface area (Å²) in [5.74, 6) is -0.920. The number of ether oxygens (including phenoxy) is 2. The van der Waals surface area contributed by atoms with Crippen LogP contribution in [0.3, 0.4) is 0 Å². The highest BCUT2D eigenvalue weighted by Crippen LogP contribution is 2.43. The van der Waals surface area contributed by atoms with Gasteiger partial charge in [-0.25, -0.2) is 4.57 Å². The van der Waals surface area contributed by atoms with Crippen LogP contribution in [0.15, 0.2) is 12.7 Å². The fraction of sp³-hybridized carbons (Fsp3) is 0.897. The Hall–Kier alpha value is -1.29. The Morgan fingerprint density at radius 3 is 1.46 bits per heavy atom. The summed E-state index contributed by atoms with van der Waals surface area (Å²) in [6.07, 6.45) is 30.7. The van der Waals surface area contributed by atoms with Gasteiger partial charge in [0.05, 0.1) is 19.8 Å². The van der Waals surface area contributed by atoms with Crippen LogP contribution in [0, 0.1) is 0 Å². The zero-order chi connectivity index (χ0) is 37.0. The van der Waals surface area contributed by atoms with Gasteiger partial charge in [-0.05, 0) is 25.7 Å². The van der Waals surface area contributed by atoms with E-state index in [4.69, 9.17) is 19.1 Å². The van der Waals surface area contributed by atoms with Gasteiger partial charge >= 0.3 is 19.8 Å². The Balaban J connectivity index is 4.28. The van der Waals surface area contributed by atoms with Gasteiger partial charge in [-0.15, -0.1) is 6.58 Å². The maximum atomic E-state index is 12.5. The van der Waals surface area contributed by atoms with E-state index in [0.29, 0.717) is 12.8 Å². The van der Waals surface area contributed by atoms with Gasteiger partial charge < -0.3 is 24.6 Å². The van der Waals surface area contributed by atoms with E-state index in [9.17, 15) is 24.2 Å². The number of rotatable bonds is 39. The summed E-state index contributed by atoms with van der Waals surface area (Å²) in [6.45, 7) is 3.90. The lowest BCUT2D eigenvalue weighted by Crippen LogP contribution is -2.29. The van der Waals surface area contributed by atoms with Gasteiger partial charge in [0.1, 0.15) is 12.7 Å². The van der Waals surface area contributed by atoms with Crippen LogP contribution in [0.2, 0.25) is 0 Å². The molecule has 0 radical (unpaired) electrons. The maximum Gasteiger partial charge on any atom is 0.472 e. The summed E-state index contributed by atoms with van der Waals surface area (Å²) < 4.78 is 32.6. The van der Waals surface area contributed by atoms with Gasteiger partial charge in [0, 0.05) is 12.8 Å². The Labute approximate surface area is 305 Å². The molecule has 0 aromatic rings. The van der Waals surface area contributed by atoms with Gasteiger partial charge in [-0.1, -0.05) is 154 Å².